The monoisotopic (exact) mass is 1320 g/mol. The van der Waals surface area contributed by atoms with Crippen LogP contribution in [0.5, 0.6) is 11.5 Å². The number of oxime groups is 3. The second-order valence-corrected chi connectivity index (χ2v) is 24.3. The van der Waals surface area contributed by atoms with E-state index in [1.165, 1.54) is 51.7 Å². The van der Waals surface area contributed by atoms with E-state index in [9.17, 15) is 26.3 Å². The third-order valence-electron chi connectivity index (χ3n) is 10.3. The molecule has 0 amide bonds. The number of ether oxygens (including phenoxy) is 2. The second-order valence-electron chi connectivity index (χ2n) is 18.2. The predicted molar refractivity (Wildman–Crippen MR) is 299 cm³/mol. The van der Waals surface area contributed by atoms with E-state index >= 15 is 0 Å². The maximum atomic E-state index is 14.2. The number of methoxy groups -OCH3 is 2. The zero-order valence-electron chi connectivity index (χ0n) is 40.8. The van der Waals surface area contributed by atoms with Crippen molar-refractivity contribution in [3.05, 3.63) is 93.8 Å². The molecule has 6 heterocycles. The summed E-state index contributed by atoms with van der Waals surface area (Å²) in [7, 11) is 4.67. The molecule has 0 N–H and O–H groups in total. The largest absolute Gasteiger partial charge is 0.497 e. The standard InChI is InChI=1S/2C17H19BrF2N4O2S.C10H13BrF2N4OS.3CH4/c1-16(2)8-14(22-26-16)27-10-13-15(17(18,19)20)21-23-24(13)9-11-4-6-12(25-3)7-5-11;1-16(2)8-14(22-26-16)27-10-13-15(17(18,19)20)24(23-21-13)9-11-4-6-12(25-3)7-5-11;1-9(2)4-7(16-18-9)19-5-6-8(10(11,12)13)15-17(3)14-6;;;/h2*4-7H,8-10H2,1-3H3;4-5H2,1-3H3;3*1H4. The fourth-order valence-electron chi connectivity index (χ4n) is 6.76. The van der Waals surface area contributed by atoms with E-state index in [0.717, 1.165) is 36.8 Å². The Morgan fingerprint density at radius 3 is 1.33 bits per heavy atom. The van der Waals surface area contributed by atoms with Crippen LogP contribution in [0.1, 0.15) is 128 Å². The molecule has 0 bridgehead atoms. The Labute approximate surface area is 477 Å². The molecule has 76 heavy (non-hydrogen) atoms. The summed E-state index contributed by atoms with van der Waals surface area (Å²) < 4.78 is 95.7. The minimum atomic E-state index is -3.26. The van der Waals surface area contributed by atoms with Crippen LogP contribution in [0.15, 0.2) is 64.0 Å². The van der Waals surface area contributed by atoms with Gasteiger partial charge in [-0.1, -0.05) is 72.4 Å². The molecule has 0 aliphatic carbocycles. The molecular weight excluding hydrogens is 1260 g/mol. The van der Waals surface area contributed by atoms with Crippen LogP contribution in [0.2, 0.25) is 0 Å². The van der Waals surface area contributed by atoms with E-state index in [1.54, 1.807) is 38.5 Å². The van der Waals surface area contributed by atoms with Crippen LogP contribution in [0.4, 0.5) is 26.3 Å². The van der Waals surface area contributed by atoms with Crippen molar-refractivity contribution in [2.45, 2.75) is 145 Å². The maximum absolute atomic E-state index is 14.2. The summed E-state index contributed by atoms with van der Waals surface area (Å²) in [6.07, 6.45) is 1.94. The topological polar surface area (TPSA) is 175 Å². The number of nitrogens with zero attached hydrogens (tertiary/aromatic N) is 12. The number of alkyl halides is 9. The number of hydrogen-bond donors (Lipinski definition) is 0. The number of aryl methyl sites for hydroxylation is 1. The van der Waals surface area contributed by atoms with Gasteiger partial charge in [0.2, 0.25) is 0 Å². The summed E-state index contributed by atoms with van der Waals surface area (Å²) in [6.45, 7) is 12.0. The zero-order valence-corrected chi connectivity index (χ0v) is 48.0. The molecule has 0 spiro atoms. The van der Waals surface area contributed by atoms with Crippen molar-refractivity contribution < 1.29 is 50.3 Å². The molecule has 0 atom stereocenters. The van der Waals surface area contributed by atoms with Gasteiger partial charge in [0.05, 0.1) is 33.0 Å². The van der Waals surface area contributed by atoms with Crippen LogP contribution >= 0.6 is 83.1 Å². The number of hydrogen-bond acceptors (Lipinski definition) is 17. The lowest BCUT2D eigenvalue weighted by Gasteiger charge is -2.14. The molecule has 0 radical (unpaired) electrons. The highest BCUT2D eigenvalue weighted by atomic mass is 79.9. The first-order chi connectivity index (χ1) is 34.0. The van der Waals surface area contributed by atoms with Crippen molar-refractivity contribution in [2.24, 2.45) is 22.5 Å². The minimum absolute atomic E-state index is 0. The van der Waals surface area contributed by atoms with Gasteiger partial charge >= 0.3 is 14.5 Å². The van der Waals surface area contributed by atoms with Gasteiger partial charge in [-0.25, -0.2) is 9.36 Å². The summed E-state index contributed by atoms with van der Waals surface area (Å²) in [5, 5.41) is 37.4. The number of rotatable bonds is 15. The Kier molecular flexibility index (Phi) is 23.7. The van der Waals surface area contributed by atoms with E-state index in [2.05, 4.69) is 94.1 Å². The van der Waals surface area contributed by atoms with E-state index in [1.807, 2.05) is 65.8 Å². The van der Waals surface area contributed by atoms with Crippen LogP contribution in [0.3, 0.4) is 0 Å². The normalized spacial score (nSPS) is 16.1. The summed E-state index contributed by atoms with van der Waals surface area (Å²) in [4.78, 5) is 7.30. The van der Waals surface area contributed by atoms with Crippen LogP contribution < -0.4 is 9.47 Å². The van der Waals surface area contributed by atoms with Gasteiger partial charge in [0.15, 0.2) is 11.4 Å². The van der Waals surface area contributed by atoms with Gasteiger partial charge < -0.3 is 24.0 Å². The Morgan fingerprint density at radius 2 is 0.947 bits per heavy atom. The molecule has 29 heteroatoms. The SMILES string of the molecule is C.C.C.COc1ccc(Cn2nnc(C(F)(F)Br)c2CSC2=NOC(C)(C)C2)cc1.COc1ccc(Cn2nnc(CSC3=NOC(C)(C)C3)c2C(F)(F)Br)cc1.Cn1nc(CSC2=NOC(C)(C)C2)c(C(F)(F)Br)n1. The van der Waals surface area contributed by atoms with Gasteiger partial charge in [0.1, 0.15) is 60.5 Å². The van der Waals surface area contributed by atoms with Gasteiger partial charge in [0, 0.05) is 43.6 Å². The predicted octanol–water partition coefficient (Wildman–Crippen LogP) is 14.0. The molecule has 8 rings (SSSR count). The molecule has 3 aliphatic heterocycles. The van der Waals surface area contributed by atoms with E-state index in [-0.39, 0.29) is 91.4 Å². The molecule has 5 aromatic rings. The lowest BCUT2D eigenvalue weighted by Crippen LogP contribution is -2.18. The first-order valence-electron chi connectivity index (χ1n) is 21.9. The maximum Gasteiger partial charge on any atom is 0.346 e. The summed E-state index contributed by atoms with van der Waals surface area (Å²) in [6, 6.07) is 14.5. The number of halogens is 9. The lowest BCUT2D eigenvalue weighted by atomic mass is 10.1. The first-order valence-corrected chi connectivity index (χ1v) is 27.2. The highest BCUT2D eigenvalue weighted by Gasteiger charge is 2.39. The van der Waals surface area contributed by atoms with Gasteiger partial charge in [-0.2, -0.15) is 41.3 Å². The van der Waals surface area contributed by atoms with Crippen LogP contribution in [-0.2, 0) is 66.4 Å². The van der Waals surface area contributed by atoms with Crippen LogP contribution in [0.25, 0.3) is 0 Å². The molecule has 2 aromatic carbocycles. The number of aromatic nitrogens is 9. The van der Waals surface area contributed by atoms with Crippen molar-refractivity contribution in [3.63, 3.8) is 0 Å². The fraction of sp³-hybridized carbons (Fsp3) is 0.553. The van der Waals surface area contributed by atoms with Gasteiger partial charge in [-0.15, -0.1) is 45.5 Å². The summed E-state index contributed by atoms with van der Waals surface area (Å²) in [5.41, 5.74) is 0.435. The van der Waals surface area contributed by atoms with Gasteiger partial charge in [0.25, 0.3) is 0 Å². The van der Waals surface area contributed by atoms with Crippen molar-refractivity contribution in [1.29, 1.82) is 0 Å². The Hall–Kier alpha value is -4.06. The fourth-order valence-corrected chi connectivity index (χ4v) is 11.0. The van der Waals surface area contributed by atoms with Crippen molar-refractivity contribution >= 4 is 98.2 Å². The minimum Gasteiger partial charge on any atom is -0.497 e. The Morgan fingerprint density at radius 1 is 0.553 bits per heavy atom. The van der Waals surface area contributed by atoms with E-state index < -0.39 is 14.5 Å². The third-order valence-corrected chi connectivity index (χ3v) is 14.3. The molecule has 0 unspecified atom stereocenters. The van der Waals surface area contributed by atoms with Crippen molar-refractivity contribution in [3.8, 4) is 11.5 Å². The smallest absolute Gasteiger partial charge is 0.346 e. The Balaban J connectivity index is 0.000000299. The first kappa shape index (κ1) is 66.2. The summed E-state index contributed by atoms with van der Waals surface area (Å²) >= 11 is 11.2. The average molecular weight is 1330 g/mol. The van der Waals surface area contributed by atoms with Crippen LogP contribution in [0, 0.1) is 0 Å². The molecular formula is C47H63Br3F6N12O5S3. The highest BCUT2D eigenvalue weighted by Crippen LogP contribution is 2.41. The Bertz CT molecular complexity index is 2760. The quantitative estimate of drug-likeness (QED) is 0.0715. The highest BCUT2D eigenvalue weighted by molar-refractivity contribution is 9.09. The third kappa shape index (κ3) is 19.1. The van der Waals surface area contributed by atoms with E-state index in [0.29, 0.717) is 37.3 Å². The van der Waals surface area contributed by atoms with Gasteiger partial charge in [-0.3, -0.25) is 0 Å². The second kappa shape index (κ2) is 27.2. The van der Waals surface area contributed by atoms with Crippen LogP contribution in [-0.4, -0.2) is 91.1 Å². The van der Waals surface area contributed by atoms with Gasteiger partial charge in [-0.05, 0) is 125 Å². The van der Waals surface area contributed by atoms with Crippen molar-refractivity contribution in [1.82, 2.24) is 45.0 Å². The molecule has 3 aliphatic rings. The molecule has 3 aromatic heterocycles. The van der Waals surface area contributed by atoms with Crippen molar-refractivity contribution in [2.75, 3.05) is 14.2 Å². The van der Waals surface area contributed by atoms with E-state index in [4.69, 9.17) is 24.0 Å². The molecule has 0 fully saturated rings. The zero-order chi connectivity index (χ0) is 53.6. The number of benzene rings is 2. The molecule has 0 saturated carbocycles. The molecule has 0 saturated heterocycles. The molecule has 17 nitrogen and oxygen atoms in total. The number of thioether (sulfide) groups is 3. The summed E-state index contributed by atoms with van der Waals surface area (Å²) in [5.74, 6) is 2.20. The lowest BCUT2D eigenvalue weighted by molar-refractivity contribution is 0.0120. The average Bonchev–Trinajstić information content (AvgIpc) is 4.17. The molecule has 422 valence electrons.